The van der Waals surface area contributed by atoms with Gasteiger partial charge >= 0.3 is 5.97 Å². The zero-order valence-corrected chi connectivity index (χ0v) is 7.54. The van der Waals surface area contributed by atoms with Crippen molar-refractivity contribution in [2.75, 3.05) is 6.54 Å². The van der Waals surface area contributed by atoms with E-state index in [-0.39, 0.29) is 11.9 Å². The molecule has 2 unspecified atom stereocenters. The minimum Gasteiger partial charge on any atom is -0.480 e. The highest BCUT2D eigenvalue weighted by Crippen LogP contribution is 2.01. The summed E-state index contributed by atoms with van der Waals surface area (Å²) >= 11 is 0. The summed E-state index contributed by atoms with van der Waals surface area (Å²) in [6.07, 6.45) is 1.12. The summed E-state index contributed by atoms with van der Waals surface area (Å²) in [7, 11) is 0. The van der Waals surface area contributed by atoms with Crippen LogP contribution in [-0.2, 0) is 9.59 Å². The van der Waals surface area contributed by atoms with Crippen LogP contribution in [0.5, 0.6) is 0 Å². The minimum atomic E-state index is -0.966. The van der Waals surface area contributed by atoms with Gasteiger partial charge in [0.1, 0.15) is 6.04 Å². The fourth-order valence-electron chi connectivity index (χ4n) is 1.35. The van der Waals surface area contributed by atoms with E-state index >= 15 is 0 Å². The Morgan fingerprint density at radius 3 is 2.92 bits per heavy atom. The van der Waals surface area contributed by atoms with Gasteiger partial charge < -0.3 is 15.7 Å². The molecule has 0 aromatic heterocycles. The van der Waals surface area contributed by atoms with Gasteiger partial charge in [-0.15, -0.1) is 0 Å². The van der Waals surface area contributed by atoms with Crippen LogP contribution in [0, 0.1) is 0 Å². The highest BCUT2D eigenvalue weighted by Gasteiger charge is 2.27. The van der Waals surface area contributed by atoms with E-state index in [0.717, 1.165) is 0 Å². The number of carboxylic acids is 1. The molecule has 0 spiro atoms. The average Bonchev–Trinajstić information content (AvgIpc) is 2.26. The summed E-state index contributed by atoms with van der Waals surface area (Å²) in [4.78, 5) is 21.9. The Morgan fingerprint density at radius 2 is 2.38 bits per heavy atom. The normalized spacial score (nSPS) is 29.2. The fourth-order valence-corrected chi connectivity index (χ4v) is 1.35. The van der Waals surface area contributed by atoms with Gasteiger partial charge in [-0.05, 0) is 19.4 Å². The number of carbonyl (C=O) groups is 2. The van der Waals surface area contributed by atoms with Gasteiger partial charge in [-0.1, -0.05) is 6.92 Å². The second kappa shape index (κ2) is 4.23. The Labute approximate surface area is 76.5 Å². The molecule has 2 atom stereocenters. The molecule has 0 aromatic carbocycles. The van der Waals surface area contributed by atoms with Crippen molar-refractivity contribution in [3.8, 4) is 0 Å². The van der Waals surface area contributed by atoms with E-state index in [0.29, 0.717) is 19.4 Å². The summed E-state index contributed by atoms with van der Waals surface area (Å²) in [6.45, 7) is 2.45. The number of carboxylic acid groups (broad SMARTS) is 1. The lowest BCUT2D eigenvalue weighted by atomic mass is 10.2. The fraction of sp³-hybridized carbons (Fsp3) is 0.750. The van der Waals surface area contributed by atoms with Crippen LogP contribution in [-0.4, -0.2) is 35.6 Å². The van der Waals surface area contributed by atoms with Gasteiger partial charge in [0, 0.05) is 0 Å². The third-order valence-electron chi connectivity index (χ3n) is 2.16. The number of amides is 1. The maximum Gasteiger partial charge on any atom is 0.326 e. The SMILES string of the molecule is CCC1NCCC(C(=O)O)NC1=O. The first-order valence-electron chi connectivity index (χ1n) is 4.41. The van der Waals surface area contributed by atoms with E-state index < -0.39 is 12.0 Å². The third kappa shape index (κ3) is 2.42. The van der Waals surface area contributed by atoms with Gasteiger partial charge in [0.2, 0.25) is 5.91 Å². The van der Waals surface area contributed by atoms with Crippen LogP contribution < -0.4 is 10.6 Å². The summed E-state index contributed by atoms with van der Waals surface area (Å²) < 4.78 is 0. The summed E-state index contributed by atoms with van der Waals surface area (Å²) in [5.74, 6) is -1.18. The van der Waals surface area contributed by atoms with Crippen molar-refractivity contribution in [1.29, 1.82) is 0 Å². The predicted molar refractivity (Wildman–Crippen MR) is 46.3 cm³/mol. The number of carbonyl (C=O) groups excluding carboxylic acids is 1. The lowest BCUT2D eigenvalue weighted by Crippen LogP contribution is -2.45. The number of hydrogen-bond donors (Lipinski definition) is 3. The summed E-state index contributed by atoms with van der Waals surface area (Å²) in [5.41, 5.74) is 0. The number of hydrogen-bond acceptors (Lipinski definition) is 3. The molecular formula is C8H14N2O3. The molecule has 1 rings (SSSR count). The monoisotopic (exact) mass is 186 g/mol. The molecule has 1 aliphatic rings. The summed E-state index contributed by atoms with van der Waals surface area (Å²) in [5, 5.41) is 14.2. The third-order valence-corrected chi connectivity index (χ3v) is 2.16. The molecule has 3 N–H and O–H groups in total. The lowest BCUT2D eigenvalue weighted by molar-refractivity contribution is -0.141. The first kappa shape index (κ1) is 9.98. The van der Waals surface area contributed by atoms with E-state index in [1.54, 1.807) is 0 Å². The second-order valence-corrected chi connectivity index (χ2v) is 3.10. The maximum absolute atomic E-state index is 11.3. The Bertz CT molecular complexity index is 217. The van der Waals surface area contributed by atoms with E-state index in [4.69, 9.17) is 5.11 Å². The van der Waals surface area contributed by atoms with Crippen LogP contribution in [0.25, 0.3) is 0 Å². The highest BCUT2D eigenvalue weighted by atomic mass is 16.4. The molecule has 1 amide bonds. The Balaban J connectivity index is 2.60. The van der Waals surface area contributed by atoms with Crippen molar-refractivity contribution in [3.63, 3.8) is 0 Å². The van der Waals surface area contributed by atoms with Crippen molar-refractivity contribution in [2.24, 2.45) is 0 Å². The van der Waals surface area contributed by atoms with Gasteiger partial charge in [0.05, 0.1) is 6.04 Å². The Morgan fingerprint density at radius 1 is 1.69 bits per heavy atom. The number of nitrogens with one attached hydrogen (secondary N) is 2. The minimum absolute atomic E-state index is 0.215. The smallest absolute Gasteiger partial charge is 0.326 e. The molecule has 0 aromatic rings. The van der Waals surface area contributed by atoms with Gasteiger partial charge in [-0.25, -0.2) is 4.79 Å². The number of aliphatic carboxylic acids is 1. The van der Waals surface area contributed by atoms with Gasteiger partial charge in [0.25, 0.3) is 0 Å². The topological polar surface area (TPSA) is 78.4 Å². The van der Waals surface area contributed by atoms with Crippen LogP contribution in [0.2, 0.25) is 0 Å². The predicted octanol–water partition coefficient (Wildman–Crippen LogP) is -0.672. The van der Waals surface area contributed by atoms with Crippen molar-refractivity contribution in [1.82, 2.24) is 10.6 Å². The molecule has 0 aliphatic carbocycles. The molecule has 0 bridgehead atoms. The van der Waals surface area contributed by atoms with Crippen molar-refractivity contribution in [3.05, 3.63) is 0 Å². The van der Waals surface area contributed by atoms with Crippen LogP contribution in [0.3, 0.4) is 0 Å². The molecule has 5 nitrogen and oxygen atoms in total. The Hall–Kier alpha value is -1.10. The zero-order valence-electron chi connectivity index (χ0n) is 7.54. The molecule has 0 saturated carbocycles. The molecule has 13 heavy (non-hydrogen) atoms. The molecule has 74 valence electrons. The van der Waals surface area contributed by atoms with Gasteiger partial charge in [-0.2, -0.15) is 0 Å². The molecule has 5 heteroatoms. The maximum atomic E-state index is 11.3. The first-order valence-corrected chi connectivity index (χ1v) is 4.41. The first-order chi connectivity index (χ1) is 6.15. The van der Waals surface area contributed by atoms with Crippen LogP contribution in [0.1, 0.15) is 19.8 Å². The highest BCUT2D eigenvalue weighted by molar-refractivity contribution is 5.87. The molecular weight excluding hydrogens is 172 g/mol. The van der Waals surface area contributed by atoms with Crippen LogP contribution in [0.4, 0.5) is 0 Å². The van der Waals surface area contributed by atoms with E-state index in [2.05, 4.69) is 10.6 Å². The van der Waals surface area contributed by atoms with Crippen molar-refractivity contribution >= 4 is 11.9 Å². The van der Waals surface area contributed by atoms with E-state index in [1.165, 1.54) is 0 Å². The molecule has 1 saturated heterocycles. The van der Waals surface area contributed by atoms with Crippen LogP contribution in [0.15, 0.2) is 0 Å². The largest absolute Gasteiger partial charge is 0.480 e. The number of rotatable bonds is 2. The standard InChI is InChI=1S/C8H14N2O3/c1-2-5-7(11)10-6(8(12)13)3-4-9-5/h5-6,9H,2-4H2,1H3,(H,10,11)(H,12,13). The molecule has 1 heterocycles. The summed E-state index contributed by atoms with van der Waals surface area (Å²) in [6, 6.07) is -0.985. The van der Waals surface area contributed by atoms with Crippen LogP contribution >= 0.6 is 0 Å². The van der Waals surface area contributed by atoms with E-state index in [9.17, 15) is 9.59 Å². The molecule has 0 radical (unpaired) electrons. The zero-order chi connectivity index (χ0) is 9.84. The lowest BCUT2D eigenvalue weighted by Gasteiger charge is -2.12. The average molecular weight is 186 g/mol. The van der Waals surface area contributed by atoms with Crippen molar-refractivity contribution < 1.29 is 14.7 Å². The van der Waals surface area contributed by atoms with Crippen molar-refractivity contribution in [2.45, 2.75) is 31.8 Å². The molecule has 1 aliphatic heterocycles. The quantitative estimate of drug-likeness (QED) is 0.534. The van der Waals surface area contributed by atoms with Gasteiger partial charge in [-0.3, -0.25) is 4.79 Å². The Kier molecular flexibility index (Phi) is 3.25. The molecule has 1 fully saturated rings. The van der Waals surface area contributed by atoms with Gasteiger partial charge in [0.15, 0.2) is 0 Å². The van der Waals surface area contributed by atoms with E-state index in [1.807, 2.05) is 6.92 Å². The second-order valence-electron chi connectivity index (χ2n) is 3.10.